The minimum Gasteiger partial charge on any atom is -0.380 e. The molecule has 0 aliphatic heterocycles. The Morgan fingerprint density at radius 2 is 1.74 bits per heavy atom. The normalized spacial score (nSPS) is 13.2. The fourth-order valence-corrected chi connectivity index (χ4v) is 2.66. The number of rotatable bonds is 8. The maximum absolute atomic E-state index is 5.98. The van der Waals surface area contributed by atoms with Crippen LogP contribution in [0.4, 0.5) is 0 Å². The Morgan fingerprint density at radius 1 is 1.16 bits per heavy atom. The van der Waals surface area contributed by atoms with E-state index in [1.807, 2.05) is 0 Å². The van der Waals surface area contributed by atoms with Gasteiger partial charge < -0.3 is 10.5 Å². The van der Waals surface area contributed by atoms with Gasteiger partial charge in [-0.25, -0.2) is 0 Å². The lowest BCUT2D eigenvalue weighted by Gasteiger charge is -2.34. The van der Waals surface area contributed by atoms with Gasteiger partial charge >= 0.3 is 0 Å². The number of nitrogens with two attached hydrogens (primary N) is 1. The van der Waals surface area contributed by atoms with Gasteiger partial charge in [0.15, 0.2) is 0 Å². The fraction of sp³-hybridized carbons (Fsp3) is 0.625. The van der Waals surface area contributed by atoms with Crippen LogP contribution in [0.5, 0.6) is 0 Å². The van der Waals surface area contributed by atoms with Crippen LogP contribution in [0.15, 0.2) is 24.3 Å². The van der Waals surface area contributed by atoms with Gasteiger partial charge in [0.05, 0.1) is 6.61 Å². The third-order valence-corrected chi connectivity index (χ3v) is 3.91. The molecule has 1 atom stereocenters. The zero-order valence-corrected chi connectivity index (χ0v) is 12.7. The van der Waals surface area contributed by atoms with E-state index < -0.39 is 0 Å². The summed E-state index contributed by atoms with van der Waals surface area (Å²) in [7, 11) is 3.90. The monoisotopic (exact) mass is 264 g/mol. The minimum atomic E-state index is 0.293. The molecule has 108 valence electrons. The summed E-state index contributed by atoms with van der Waals surface area (Å²) in [5, 5.41) is 0. The van der Waals surface area contributed by atoms with Crippen molar-refractivity contribution in [2.45, 2.75) is 45.4 Å². The maximum Gasteiger partial charge on any atom is 0.0713 e. The van der Waals surface area contributed by atoms with Crippen molar-refractivity contribution in [3.05, 3.63) is 35.4 Å². The largest absolute Gasteiger partial charge is 0.380 e. The molecular formula is C16H28N2O. The Balaban J connectivity index is 2.83. The standard InChI is InChI=1S/C16H28N2O/c1-5-15(6-2)18(3)16(11-17)14-9-7-13(8-10-14)12-19-4/h7-10,15-16H,5-6,11-12,17H2,1-4H3. The Bertz CT molecular complexity index is 346. The molecule has 1 aromatic rings. The number of hydrogen-bond donors (Lipinski definition) is 1. The summed E-state index contributed by atoms with van der Waals surface area (Å²) in [5.41, 5.74) is 8.47. The summed E-state index contributed by atoms with van der Waals surface area (Å²) >= 11 is 0. The second-order valence-electron chi connectivity index (χ2n) is 5.06. The predicted molar refractivity (Wildman–Crippen MR) is 81.1 cm³/mol. The van der Waals surface area contributed by atoms with Gasteiger partial charge in [0, 0.05) is 25.7 Å². The van der Waals surface area contributed by atoms with Gasteiger partial charge in [-0.05, 0) is 31.0 Å². The van der Waals surface area contributed by atoms with Gasteiger partial charge in [-0.2, -0.15) is 0 Å². The molecule has 0 fully saturated rings. The highest BCUT2D eigenvalue weighted by Crippen LogP contribution is 2.23. The first-order chi connectivity index (χ1) is 9.17. The molecule has 0 aliphatic rings. The molecule has 19 heavy (non-hydrogen) atoms. The molecule has 0 heterocycles. The Kier molecular flexibility index (Phi) is 7.06. The van der Waals surface area contributed by atoms with Crippen LogP contribution in [-0.2, 0) is 11.3 Å². The first kappa shape index (κ1) is 16.2. The van der Waals surface area contributed by atoms with Crippen LogP contribution in [-0.4, -0.2) is 31.6 Å². The van der Waals surface area contributed by atoms with Gasteiger partial charge in [-0.15, -0.1) is 0 Å². The molecular weight excluding hydrogens is 236 g/mol. The second-order valence-corrected chi connectivity index (χ2v) is 5.06. The van der Waals surface area contributed by atoms with E-state index in [-0.39, 0.29) is 0 Å². The fourth-order valence-electron chi connectivity index (χ4n) is 2.66. The summed E-state index contributed by atoms with van der Waals surface area (Å²) < 4.78 is 5.14. The number of benzene rings is 1. The average molecular weight is 264 g/mol. The zero-order chi connectivity index (χ0) is 14.3. The van der Waals surface area contributed by atoms with Crippen LogP contribution in [0.25, 0.3) is 0 Å². The van der Waals surface area contributed by atoms with Crippen molar-refractivity contribution in [1.29, 1.82) is 0 Å². The van der Waals surface area contributed by atoms with Crippen molar-refractivity contribution in [2.24, 2.45) is 5.73 Å². The molecule has 0 saturated carbocycles. The molecule has 1 aromatic carbocycles. The molecule has 3 heteroatoms. The lowest BCUT2D eigenvalue weighted by molar-refractivity contribution is 0.167. The van der Waals surface area contributed by atoms with Gasteiger partial charge in [0.25, 0.3) is 0 Å². The number of nitrogens with zero attached hydrogens (tertiary/aromatic N) is 1. The maximum atomic E-state index is 5.98. The summed E-state index contributed by atoms with van der Waals surface area (Å²) in [6.07, 6.45) is 2.32. The first-order valence-corrected chi connectivity index (χ1v) is 7.17. The highest BCUT2D eigenvalue weighted by atomic mass is 16.5. The van der Waals surface area contributed by atoms with E-state index in [4.69, 9.17) is 10.5 Å². The Morgan fingerprint density at radius 3 is 2.16 bits per heavy atom. The highest BCUT2D eigenvalue weighted by Gasteiger charge is 2.20. The van der Waals surface area contributed by atoms with E-state index in [0.29, 0.717) is 25.2 Å². The molecule has 0 aliphatic carbocycles. The molecule has 2 N–H and O–H groups in total. The third kappa shape index (κ3) is 4.30. The quantitative estimate of drug-likeness (QED) is 0.784. The number of likely N-dealkylation sites (N-methyl/N-ethyl adjacent to an activating group) is 1. The van der Waals surface area contributed by atoms with Crippen molar-refractivity contribution in [3.8, 4) is 0 Å². The van der Waals surface area contributed by atoms with E-state index in [9.17, 15) is 0 Å². The van der Waals surface area contributed by atoms with Crippen molar-refractivity contribution in [2.75, 3.05) is 20.7 Å². The summed E-state index contributed by atoms with van der Waals surface area (Å²) in [4.78, 5) is 2.41. The van der Waals surface area contributed by atoms with Crippen LogP contribution < -0.4 is 5.73 Å². The molecule has 3 nitrogen and oxygen atoms in total. The number of hydrogen-bond acceptors (Lipinski definition) is 3. The van der Waals surface area contributed by atoms with Gasteiger partial charge in [0.2, 0.25) is 0 Å². The Hall–Kier alpha value is -0.900. The Labute approximate surface area is 117 Å². The average Bonchev–Trinajstić information content (AvgIpc) is 2.43. The molecule has 1 unspecified atom stereocenters. The van der Waals surface area contributed by atoms with Gasteiger partial charge in [-0.1, -0.05) is 38.1 Å². The van der Waals surface area contributed by atoms with Gasteiger partial charge in [-0.3, -0.25) is 4.90 Å². The topological polar surface area (TPSA) is 38.5 Å². The van der Waals surface area contributed by atoms with E-state index in [1.54, 1.807) is 7.11 Å². The molecule has 1 rings (SSSR count). The van der Waals surface area contributed by atoms with Crippen molar-refractivity contribution in [3.63, 3.8) is 0 Å². The lowest BCUT2D eigenvalue weighted by Crippen LogP contribution is -2.38. The van der Waals surface area contributed by atoms with Crippen LogP contribution in [0.2, 0.25) is 0 Å². The molecule has 0 radical (unpaired) electrons. The summed E-state index contributed by atoms with van der Waals surface area (Å²) in [5.74, 6) is 0. The minimum absolute atomic E-state index is 0.293. The highest BCUT2D eigenvalue weighted by molar-refractivity contribution is 5.25. The van der Waals surface area contributed by atoms with E-state index in [1.165, 1.54) is 11.1 Å². The summed E-state index contributed by atoms with van der Waals surface area (Å²) in [6.45, 7) is 5.78. The smallest absolute Gasteiger partial charge is 0.0713 e. The first-order valence-electron chi connectivity index (χ1n) is 7.17. The SMILES string of the molecule is CCC(CC)N(C)C(CN)c1ccc(COC)cc1. The van der Waals surface area contributed by atoms with Crippen LogP contribution in [0, 0.1) is 0 Å². The zero-order valence-electron chi connectivity index (χ0n) is 12.7. The van der Waals surface area contributed by atoms with Crippen molar-refractivity contribution in [1.82, 2.24) is 4.90 Å². The van der Waals surface area contributed by atoms with E-state index in [2.05, 4.69) is 50.1 Å². The summed E-state index contributed by atoms with van der Waals surface area (Å²) in [6, 6.07) is 9.48. The van der Waals surface area contributed by atoms with E-state index >= 15 is 0 Å². The number of ether oxygens (including phenoxy) is 1. The van der Waals surface area contributed by atoms with E-state index in [0.717, 1.165) is 12.8 Å². The molecule has 0 saturated heterocycles. The molecule has 0 spiro atoms. The lowest BCUT2D eigenvalue weighted by atomic mass is 10.0. The van der Waals surface area contributed by atoms with Crippen LogP contribution in [0.1, 0.15) is 43.9 Å². The molecule has 0 aromatic heterocycles. The van der Waals surface area contributed by atoms with Crippen LogP contribution in [0.3, 0.4) is 0 Å². The van der Waals surface area contributed by atoms with Crippen molar-refractivity contribution < 1.29 is 4.74 Å². The predicted octanol–water partition coefficient (Wildman–Crippen LogP) is 2.95. The molecule has 0 bridgehead atoms. The van der Waals surface area contributed by atoms with Crippen LogP contribution >= 0.6 is 0 Å². The number of methoxy groups -OCH3 is 1. The third-order valence-electron chi connectivity index (χ3n) is 3.91. The van der Waals surface area contributed by atoms with Gasteiger partial charge in [0.1, 0.15) is 0 Å². The van der Waals surface area contributed by atoms with Crippen molar-refractivity contribution >= 4 is 0 Å². The molecule has 0 amide bonds. The second kappa shape index (κ2) is 8.31.